The van der Waals surface area contributed by atoms with Gasteiger partial charge in [-0.1, -0.05) is 0 Å². The standard InChI is InChI=1S/C18H19F3N4O3/c1-27-12-2-3-15(24-9-12)17(26)25-11-6-13(16(21)14(20)7-11)10(8-19)4-5-28-18(22)23/h2-3,6-7,9-10H,4-5,8H2,1H3,(H3,22,23)(H,25,26)/t10-/m0/s1. The van der Waals surface area contributed by atoms with E-state index in [1.54, 1.807) is 0 Å². The Bertz CT molecular complexity index is 847. The number of hydrogen-bond acceptors (Lipinski definition) is 5. The van der Waals surface area contributed by atoms with Crippen molar-refractivity contribution >= 4 is 17.6 Å². The van der Waals surface area contributed by atoms with Crippen LogP contribution in [0.25, 0.3) is 0 Å². The highest BCUT2D eigenvalue weighted by molar-refractivity contribution is 6.02. The number of aromatic nitrogens is 1. The van der Waals surface area contributed by atoms with Crippen LogP contribution in [0.4, 0.5) is 18.9 Å². The van der Waals surface area contributed by atoms with Crippen LogP contribution < -0.4 is 15.8 Å². The van der Waals surface area contributed by atoms with E-state index in [4.69, 9.17) is 20.6 Å². The zero-order valence-corrected chi connectivity index (χ0v) is 15.0. The van der Waals surface area contributed by atoms with Crippen molar-refractivity contribution in [1.29, 1.82) is 5.41 Å². The SMILES string of the molecule is COc1ccc(C(=O)Nc2cc(F)c(F)c([C@H](CF)CCOC(=N)N)c2)nc1. The number of methoxy groups -OCH3 is 1. The molecule has 0 fully saturated rings. The first-order chi connectivity index (χ1) is 13.3. The molecule has 28 heavy (non-hydrogen) atoms. The molecule has 0 radical (unpaired) electrons. The number of rotatable bonds is 8. The van der Waals surface area contributed by atoms with Crippen molar-refractivity contribution in [1.82, 2.24) is 4.98 Å². The van der Waals surface area contributed by atoms with Crippen molar-refractivity contribution in [2.75, 3.05) is 25.7 Å². The van der Waals surface area contributed by atoms with Crippen molar-refractivity contribution in [2.24, 2.45) is 5.73 Å². The maximum absolute atomic E-state index is 14.2. The molecule has 1 heterocycles. The molecule has 4 N–H and O–H groups in total. The summed E-state index contributed by atoms with van der Waals surface area (Å²) in [5.41, 5.74) is 4.76. The summed E-state index contributed by atoms with van der Waals surface area (Å²) in [5.74, 6) is -3.70. The number of hydrogen-bond donors (Lipinski definition) is 3. The molecule has 0 saturated heterocycles. The minimum Gasteiger partial charge on any atom is -0.495 e. The number of nitrogens with zero attached hydrogens (tertiary/aromatic N) is 1. The number of carbonyl (C=O) groups is 1. The van der Waals surface area contributed by atoms with E-state index in [0.717, 1.165) is 12.1 Å². The number of ether oxygens (including phenoxy) is 2. The van der Waals surface area contributed by atoms with Crippen molar-refractivity contribution in [3.8, 4) is 5.75 Å². The molecule has 7 nitrogen and oxygen atoms in total. The third kappa shape index (κ3) is 5.35. The number of nitrogens with two attached hydrogens (primary N) is 1. The molecule has 0 bridgehead atoms. The summed E-state index contributed by atoms with van der Waals surface area (Å²) in [7, 11) is 1.45. The van der Waals surface area contributed by atoms with Crippen LogP contribution in [0, 0.1) is 17.0 Å². The maximum atomic E-state index is 14.2. The summed E-state index contributed by atoms with van der Waals surface area (Å²) in [6.45, 7) is -1.13. The van der Waals surface area contributed by atoms with Crippen LogP contribution in [0.1, 0.15) is 28.4 Å². The van der Waals surface area contributed by atoms with Gasteiger partial charge in [0.2, 0.25) is 0 Å². The number of nitrogens with one attached hydrogen (secondary N) is 2. The zero-order valence-electron chi connectivity index (χ0n) is 15.0. The van der Waals surface area contributed by atoms with Gasteiger partial charge < -0.3 is 20.5 Å². The quantitative estimate of drug-likeness (QED) is 0.469. The fourth-order valence-electron chi connectivity index (χ4n) is 2.44. The number of amides is 1. The molecule has 2 aromatic rings. The molecule has 0 aliphatic rings. The van der Waals surface area contributed by atoms with Crippen molar-refractivity contribution < 1.29 is 27.4 Å². The van der Waals surface area contributed by atoms with Crippen LogP contribution in [0.5, 0.6) is 5.75 Å². The summed E-state index contributed by atoms with van der Waals surface area (Å²) in [4.78, 5) is 16.1. The molecule has 0 spiro atoms. The number of alkyl halides is 1. The summed E-state index contributed by atoms with van der Waals surface area (Å²) in [6, 6.07) is 4.31. The molecular formula is C18H19F3N4O3. The van der Waals surface area contributed by atoms with Gasteiger partial charge in [-0.25, -0.2) is 13.8 Å². The van der Waals surface area contributed by atoms with E-state index in [1.807, 2.05) is 0 Å². The van der Waals surface area contributed by atoms with Gasteiger partial charge in [0.15, 0.2) is 11.6 Å². The van der Waals surface area contributed by atoms with E-state index in [1.165, 1.54) is 25.4 Å². The Morgan fingerprint density at radius 3 is 2.68 bits per heavy atom. The molecule has 1 aromatic heterocycles. The highest BCUT2D eigenvalue weighted by Gasteiger charge is 2.21. The third-order valence-corrected chi connectivity index (χ3v) is 3.87. The molecule has 1 amide bonds. The Hall–Kier alpha value is -3.30. The molecule has 2 rings (SSSR count). The van der Waals surface area contributed by atoms with Crippen LogP contribution >= 0.6 is 0 Å². The minimum absolute atomic E-state index is 0.0315. The van der Waals surface area contributed by atoms with E-state index >= 15 is 0 Å². The lowest BCUT2D eigenvalue weighted by atomic mass is 9.96. The zero-order chi connectivity index (χ0) is 20.7. The summed E-state index contributed by atoms with van der Waals surface area (Å²) in [6.07, 6.45) is 1.30. The van der Waals surface area contributed by atoms with Crippen LogP contribution in [0.3, 0.4) is 0 Å². The second-order valence-electron chi connectivity index (χ2n) is 5.75. The van der Waals surface area contributed by atoms with E-state index < -0.39 is 36.2 Å². The first kappa shape index (κ1) is 21.0. The smallest absolute Gasteiger partial charge is 0.278 e. The maximum Gasteiger partial charge on any atom is 0.278 e. The van der Waals surface area contributed by atoms with Gasteiger partial charge in [0.1, 0.15) is 11.4 Å². The molecule has 0 unspecified atom stereocenters. The van der Waals surface area contributed by atoms with Crippen molar-refractivity contribution in [3.63, 3.8) is 0 Å². The number of carbonyl (C=O) groups excluding carboxylic acids is 1. The Morgan fingerprint density at radius 1 is 1.36 bits per heavy atom. The summed E-state index contributed by atoms with van der Waals surface area (Å²) in [5, 5.41) is 9.36. The average molecular weight is 396 g/mol. The lowest BCUT2D eigenvalue weighted by Gasteiger charge is -2.17. The second-order valence-corrected chi connectivity index (χ2v) is 5.75. The summed E-state index contributed by atoms with van der Waals surface area (Å²) < 4.78 is 51.2. The van der Waals surface area contributed by atoms with Gasteiger partial charge >= 0.3 is 0 Å². The monoisotopic (exact) mass is 396 g/mol. The number of amidine groups is 1. The molecule has 1 atom stereocenters. The lowest BCUT2D eigenvalue weighted by Crippen LogP contribution is -2.18. The molecule has 0 aliphatic heterocycles. The first-order valence-corrected chi connectivity index (χ1v) is 8.18. The average Bonchev–Trinajstić information content (AvgIpc) is 2.68. The Balaban J connectivity index is 2.20. The lowest BCUT2D eigenvalue weighted by molar-refractivity contribution is 0.102. The molecule has 0 aliphatic carbocycles. The molecule has 1 aromatic carbocycles. The molecule has 150 valence electrons. The van der Waals surface area contributed by atoms with Crippen LogP contribution in [-0.2, 0) is 4.74 Å². The van der Waals surface area contributed by atoms with Crippen LogP contribution in [-0.4, -0.2) is 37.3 Å². The first-order valence-electron chi connectivity index (χ1n) is 8.18. The van der Waals surface area contributed by atoms with Gasteiger partial charge in [0.25, 0.3) is 11.9 Å². The Kier molecular flexibility index (Phi) is 7.19. The molecular weight excluding hydrogens is 377 g/mol. The number of anilines is 1. The predicted molar refractivity (Wildman–Crippen MR) is 96.3 cm³/mol. The van der Waals surface area contributed by atoms with Crippen molar-refractivity contribution in [2.45, 2.75) is 12.3 Å². The van der Waals surface area contributed by atoms with Gasteiger partial charge in [0.05, 0.1) is 26.6 Å². The fraction of sp³-hybridized carbons (Fsp3) is 0.278. The Labute approximate surface area is 159 Å². The second kappa shape index (κ2) is 9.58. The molecule has 10 heteroatoms. The number of pyridine rings is 1. The van der Waals surface area contributed by atoms with Crippen LogP contribution in [0.2, 0.25) is 0 Å². The highest BCUT2D eigenvalue weighted by atomic mass is 19.2. The van der Waals surface area contributed by atoms with Gasteiger partial charge in [0, 0.05) is 17.7 Å². The normalized spacial score (nSPS) is 11.6. The van der Waals surface area contributed by atoms with Crippen molar-refractivity contribution in [3.05, 3.63) is 53.4 Å². The number of benzene rings is 1. The third-order valence-electron chi connectivity index (χ3n) is 3.87. The van der Waals surface area contributed by atoms with Crippen LogP contribution in [0.15, 0.2) is 30.5 Å². The summed E-state index contributed by atoms with van der Waals surface area (Å²) >= 11 is 0. The van der Waals surface area contributed by atoms with E-state index in [-0.39, 0.29) is 30.0 Å². The minimum atomic E-state index is -1.23. The van der Waals surface area contributed by atoms with E-state index in [9.17, 15) is 18.0 Å². The van der Waals surface area contributed by atoms with Gasteiger partial charge in [-0.2, -0.15) is 0 Å². The van der Waals surface area contributed by atoms with Gasteiger partial charge in [-0.3, -0.25) is 14.6 Å². The van der Waals surface area contributed by atoms with E-state index in [2.05, 4.69) is 10.3 Å². The topological polar surface area (TPSA) is 110 Å². The fourth-order valence-corrected chi connectivity index (χ4v) is 2.44. The van der Waals surface area contributed by atoms with Gasteiger partial charge in [-0.15, -0.1) is 0 Å². The Morgan fingerprint density at radius 2 is 2.11 bits per heavy atom. The largest absolute Gasteiger partial charge is 0.495 e. The highest BCUT2D eigenvalue weighted by Crippen LogP contribution is 2.28. The molecule has 0 saturated carbocycles. The van der Waals surface area contributed by atoms with Gasteiger partial charge in [-0.05, 0) is 30.2 Å². The van der Waals surface area contributed by atoms with E-state index in [0.29, 0.717) is 5.75 Å². The predicted octanol–water partition coefficient (Wildman–Crippen LogP) is 2.97. The number of halogens is 3.